The number of fused-ring (bicyclic) bond motifs is 1. The summed E-state index contributed by atoms with van der Waals surface area (Å²) in [5, 5.41) is 12.0. The molecular formula is C24H18Cl2O4S. The van der Waals surface area contributed by atoms with E-state index in [1.807, 2.05) is 24.3 Å². The smallest absolute Gasteiger partial charge is 0.193 e. The highest BCUT2D eigenvalue weighted by atomic mass is 35.5. The lowest BCUT2D eigenvalue weighted by atomic mass is 10.1. The standard InChI is InChI=1S/C24H18Cl2O4S/c25-16-3-1-15(2-4-16)23-12-22(28)21-10-7-19(11-24(21)30-23)29-13-18(27)14-31-20-8-5-17(26)6-9-20/h1-12,18,27H,13-14H2. The normalized spacial score (nSPS) is 12.1. The van der Waals surface area contributed by atoms with Crippen LogP contribution in [0.1, 0.15) is 0 Å². The Labute approximate surface area is 193 Å². The summed E-state index contributed by atoms with van der Waals surface area (Å²) in [5.74, 6) is 1.44. The first-order chi connectivity index (χ1) is 15.0. The van der Waals surface area contributed by atoms with Gasteiger partial charge < -0.3 is 14.3 Å². The number of hydrogen-bond donors (Lipinski definition) is 1. The molecule has 31 heavy (non-hydrogen) atoms. The second-order valence-electron chi connectivity index (χ2n) is 6.87. The first-order valence-corrected chi connectivity index (χ1v) is 11.3. The molecule has 0 aliphatic rings. The summed E-state index contributed by atoms with van der Waals surface area (Å²) in [4.78, 5) is 13.5. The van der Waals surface area contributed by atoms with E-state index in [-0.39, 0.29) is 12.0 Å². The molecule has 0 radical (unpaired) electrons. The van der Waals surface area contributed by atoms with E-state index < -0.39 is 6.10 Å². The van der Waals surface area contributed by atoms with E-state index in [9.17, 15) is 9.90 Å². The fourth-order valence-electron chi connectivity index (χ4n) is 2.95. The fraction of sp³-hybridized carbons (Fsp3) is 0.125. The summed E-state index contributed by atoms with van der Waals surface area (Å²) in [6, 6.07) is 21.0. The molecule has 4 aromatic rings. The minimum atomic E-state index is -0.663. The molecule has 0 fully saturated rings. The first-order valence-electron chi connectivity index (χ1n) is 9.51. The lowest BCUT2D eigenvalue weighted by molar-refractivity contribution is 0.126. The lowest BCUT2D eigenvalue weighted by Gasteiger charge is -2.12. The molecule has 4 nitrogen and oxygen atoms in total. The van der Waals surface area contributed by atoms with Gasteiger partial charge in [0.2, 0.25) is 0 Å². The molecule has 0 spiro atoms. The van der Waals surface area contributed by atoms with Crippen LogP contribution in [0.3, 0.4) is 0 Å². The predicted octanol–water partition coefficient (Wildman–Crippen LogP) is 6.30. The quantitative estimate of drug-likeness (QED) is 0.319. The van der Waals surface area contributed by atoms with Gasteiger partial charge in [-0.2, -0.15) is 0 Å². The maximum Gasteiger partial charge on any atom is 0.193 e. The first kappa shape index (κ1) is 21.8. The maximum absolute atomic E-state index is 12.5. The number of thioether (sulfide) groups is 1. The van der Waals surface area contributed by atoms with Crippen molar-refractivity contribution < 1.29 is 14.3 Å². The Balaban J connectivity index is 1.44. The zero-order chi connectivity index (χ0) is 21.8. The summed E-state index contributed by atoms with van der Waals surface area (Å²) in [7, 11) is 0. The van der Waals surface area contributed by atoms with E-state index in [1.54, 1.807) is 42.5 Å². The third-order valence-electron chi connectivity index (χ3n) is 4.53. The van der Waals surface area contributed by atoms with Crippen LogP contribution in [0.4, 0.5) is 0 Å². The van der Waals surface area contributed by atoms with Crippen LogP contribution in [-0.2, 0) is 0 Å². The molecule has 0 saturated carbocycles. The second-order valence-corrected chi connectivity index (χ2v) is 8.84. The molecule has 1 unspecified atom stereocenters. The number of hydrogen-bond acceptors (Lipinski definition) is 5. The van der Waals surface area contributed by atoms with Gasteiger partial charge in [0.1, 0.15) is 23.7 Å². The van der Waals surface area contributed by atoms with Crippen LogP contribution in [0.25, 0.3) is 22.3 Å². The van der Waals surface area contributed by atoms with Gasteiger partial charge in [0.05, 0.1) is 11.5 Å². The average molecular weight is 473 g/mol. The Morgan fingerprint density at radius 1 is 0.935 bits per heavy atom. The predicted molar refractivity (Wildman–Crippen MR) is 127 cm³/mol. The van der Waals surface area contributed by atoms with Gasteiger partial charge in [-0.25, -0.2) is 0 Å². The molecule has 1 heterocycles. The van der Waals surface area contributed by atoms with Gasteiger partial charge in [-0.3, -0.25) is 4.79 Å². The monoisotopic (exact) mass is 472 g/mol. The number of aliphatic hydroxyl groups excluding tert-OH is 1. The molecule has 0 amide bonds. The zero-order valence-corrected chi connectivity index (χ0v) is 18.6. The maximum atomic E-state index is 12.5. The van der Waals surface area contributed by atoms with Gasteiger partial charge in [-0.15, -0.1) is 11.8 Å². The molecule has 7 heteroatoms. The van der Waals surface area contributed by atoms with Crippen LogP contribution in [-0.4, -0.2) is 23.6 Å². The Kier molecular flexibility index (Phi) is 6.88. The van der Waals surface area contributed by atoms with Crippen molar-refractivity contribution in [1.82, 2.24) is 0 Å². The number of aliphatic hydroxyl groups is 1. The van der Waals surface area contributed by atoms with E-state index in [0.29, 0.717) is 38.3 Å². The summed E-state index contributed by atoms with van der Waals surface area (Å²) in [6.07, 6.45) is -0.663. The van der Waals surface area contributed by atoms with Crippen LogP contribution in [0.5, 0.6) is 5.75 Å². The number of halogens is 2. The van der Waals surface area contributed by atoms with Crippen molar-refractivity contribution in [3.8, 4) is 17.1 Å². The number of rotatable bonds is 7. The molecule has 1 atom stereocenters. The molecule has 3 aromatic carbocycles. The highest BCUT2D eigenvalue weighted by molar-refractivity contribution is 7.99. The summed E-state index contributed by atoms with van der Waals surface area (Å²) >= 11 is 13.3. The molecule has 1 N–H and O–H groups in total. The van der Waals surface area contributed by atoms with Crippen molar-refractivity contribution in [3.63, 3.8) is 0 Å². The topological polar surface area (TPSA) is 59.7 Å². The SMILES string of the molecule is O=c1cc(-c2ccc(Cl)cc2)oc2cc(OCC(O)CSc3ccc(Cl)cc3)ccc12. The third kappa shape index (κ3) is 5.63. The average Bonchev–Trinajstić information content (AvgIpc) is 2.77. The van der Waals surface area contributed by atoms with Crippen LogP contribution in [0.2, 0.25) is 10.0 Å². The Hall–Kier alpha value is -2.44. The van der Waals surface area contributed by atoms with Crippen LogP contribution < -0.4 is 10.2 Å². The summed E-state index contributed by atoms with van der Waals surface area (Å²) < 4.78 is 11.7. The van der Waals surface area contributed by atoms with Gasteiger partial charge in [0, 0.05) is 38.4 Å². The Morgan fingerprint density at radius 3 is 2.32 bits per heavy atom. The van der Waals surface area contributed by atoms with Gasteiger partial charge in [-0.05, 0) is 60.7 Å². The highest BCUT2D eigenvalue weighted by Crippen LogP contribution is 2.26. The molecule has 0 saturated heterocycles. The Bertz CT molecular complexity index is 1240. The third-order valence-corrected chi connectivity index (χ3v) is 6.19. The number of benzene rings is 3. The molecule has 0 aliphatic heterocycles. The van der Waals surface area contributed by atoms with Crippen molar-refractivity contribution in [2.45, 2.75) is 11.0 Å². The van der Waals surface area contributed by atoms with E-state index in [2.05, 4.69) is 0 Å². The molecule has 0 aliphatic carbocycles. The molecular weight excluding hydrogens is 455 g/mol. The fourth-order valence-corrected chi connectivity index (χ4v) is 4.01. The second kappa shape index (κ2) is 9.79. The van der Waals surface area contributed by atoms with E-state index in [1.165, 1.54) is 17.8 Å². The number of ether oxygens (including phenoxy) is 1. The van der Waals surface area contributed by atoms with Crippen molar-refractivity contribution in [2.24, 2.45) is 0 Å². The van der Waals surface area contributed by atoms with Crippen molar-refractivity contribution in [3.05, 3.63) is 93.1 Å². The highest BCUT2D eigenvalue weighted by Gasteiger charge is 2.10. The van der Waals surface area contributed by atoms with E-state index >= 15 is 0 Å². The van der Waals surface area contributed by atoms with Crippen molar-refractivity contribution >= 4 is 45.9 Å². The van der Waals surface area contributed by atoms with Crippen LogP contribution in [0, 0.1) is 0 Å². The van der Waals surface area contributed by atoms with Crippen LogP contribution in [0.15, 0.2) is 86.9 Å². The van der Waals surface area contributed by atoms with Gasteiger partial charge >= 0.3 is 0 Å². The summed E-state index contributed by atoms with van der Waals surface area (Å²) in [6.45, 7) is 0.118. The summed E-state index contributed by atoms with van der Waals surface area (Å²) in [5.41, 5.74) is 1.03. The van der Waals surface area contributed by atoms with Crippen molar-refractivity contribution in [1.29, 1.82) is 0 Å². The van der Waals surface area contributed by atoms with Gasteiger partial charge in [0.25, 0.3) is 0 Å². The molecule has 4 rings (SSSR count). The van der Waals surface area contributed by atoms with Gasteiger partial charge in [-0.1, -0.05) is 23.2 Å². The van der Waals surface area contributed by atoms with Crippen molar-refractivity contribution in [2.75, 3.05) is 12.4 Å². The zero-order valence-electron chi connectivity index (χ0n) is 16.3. The molecule has 1 aromatic heterocycles. The molecule has 158 valence electrons. The van der Waals surface area contributed by atoms with E-state index in [0.717, 1.165) is 10.5 Å². The lowest BCUT2D eigenvalue weighted by Crippen LogP contribution is -2.20. The minimum Gasteiger partial charge on any atom is -0.491 e. The Morgan fingerprint density at radius 2 is 1.61 bits per heavy atom. The van der Waals surface area contributed by atoms with Gasteiger partial charge in [0.15, 0.2) is 5.43 Å². The van der Waals surface area contributed by atoms with E-state index in [4.69, 9.17) is 32.4 Å². The molecule has 0 bridgehead atoms. The minimum absolute atomic E-state index is 0.118. The largest absolute Gasteiger partial charge is 0.491 e. The van der Waals surface area contributed by atoms with Crippen LogP contribution >= 0.6 is 35.0 Å².